The molecule has 2 atom stereocenters. The molecule has 1 aromatic rings. The summed E-state index contributed by atoms with van der Waals surface area (Å²) in [5, 5.41) is 3.57. The third-order valence-electron chi connectivity index (χ3n) is 2.83. The molecule has 0 spiro atoms. The summed E-state index contributed by atoms with van der Waals surface area (Å²) in [6.07, 6.45) is 3.07. The van der Waals surface area contributed by atoms with Gasteiger partial charge in [0.05, 0.1) is 0 Å². The van der Waals surface area contributed by atoms with Crippen LogP contribution < -0.4 is 5.32 Å². The smallest absolute Gasteiger partial charge is 0.0300 e. The lowest BCUT2D eigenvalue weighted by atomic mass is 10.0. The lowest BCUT2D eigenvalue weighted by molar-refractivity contribution is 0.469. The molecule has 0 radical (unpaired) electrons. The van der Waals surface area contributed by atoms with E-state index in [-0.39, 0.29) is 0 Å². The maximum Gasteiger partial charge on any atom is 0.0300 e. The molecule has 0 aliphatic heterocycles. The predicted octanol–water partition coefficient (Wildman–Crippen LogP) is 3.78. The van der Waals surface area contributed by atoms with Crippen LogP contribution in [0.1, 0.15) is 44.4 Å². The zero-order valence-corrected chi connectivity index (χ0v) is 9.96. The van der Waals surface area contributed by atoms with Crippen molar-refractivity contribution < 1.29 is 0 Å². The maximum absolute atomic E-state index is 3.85. The number of nitrogens with one attached hydrogen (secondary N) is 1. The van der Waals surface area contributed by atoms with Gasteiger partial charge in [-0.3, -0.25) is 0 Å². The van der Waals surface area contributed by atoms with Crippen LogP contribution in [0.25, 0.3) is 6.08 Å². The highest BCUT2D eigenvalue weighted by atomic mass is 14.9. The van der Waals surface area contributed by atoms with Crippen molar-refractivity contribution >= 4 is 6.08 Å². The largest absolute Gasteiger partial charge is 0.308 e. The summed E-state index contributed by atoms with van der Waals surface area (Å²) < 4.78 is 0. The summed E-state index contributed by atoms with van der Waals surface area (Å²) in [5.74, 6) is 0. The predicted molar refractivity (Wildman–Crippen MR) is 67.8 cm³/mol. The van der Waals surface area contributed by atoms with Crippen molar-refractivity contribution in [2.24, 2.45) is 0 Å². The van der Waals surface area contributed by atoms with Gasteiger partial charge in [0.2, 0.25) is 0 Å². The second-order valence-electron chi connectivity index (χ2n) is 4.03. The monoisotopic (exact) mass is 203 g/mol. The minimum atomic E-state index is 0.383. The standard InChI is InChI=1S/C14H21N/c1-5-11(3)15-12(4)14-10-8-7-9-13(14)6-2/h6-12,15H,2,5H2,1,3-4H3. The van der Waals surface area contributed by atoms with Gasteiger partial charge in [-0.15, -0.1) is 0 Å². The summed E-state index contributed by atoms with van der Waals surface area (Å²) >= 11 is 0. The first-order valence-corrected chi connectivity index (χ1v) is 5.66. The van der Waals surface area contributed by atoms with Crippen molar-refractivity contribution in [1.82, 2.24) is 5.32 Å². The van der Waals surface area contributed by atoms with E-state index >= 15 is 0 Å². The molecule has 0 aromatic heterocycles. The minimum Gasteiger partial charge on any atom is -0.308 e. The van der Waals surface area contributed by atoms with Crippen molar-refractivity contribution in [3.63, 3.8) is 0 Å². The van der Waals surface area contributed by atoms with E-state index in [2.05, 4.69) is 56.9 Å². The summed E-state index contributed by atoms with van der Waals surface area (Å²) in [5.41, 5.74) is 2.55. The molecule has 0 amide bonds. The van der Waals surface area contributed by atoms with Gasteiger partial charge in [-0.2, -0.15) is 0 Å². The van der Waals surface area contributed by atoms with Gasteiger partial charge in [0.15, 0.2) is 0 Å². The SMILES string of the molecule is C=Cc1ccccc1C(C)NC(C)CC. The molecule has 0 fully saturated rings. The van der Waals surface area contributed by atoms with Crippen LogP contribution >= 0.6 is 0 Å². The highest BCUT2D eigenvalue weighted by molar-refractivity contribution is 5.52. The molecule has 0 aliphatic rings. The van der Waals surface area contributed by atoms with Gasteiger partial charge in [-0.25, -0.2) is 0 Å². The van der Waals surface area contributed by atoms with Crippen LogP contribution in [0.5, 0.6) is 0 Å². The Morgan fingerprint density at radius 1 is 1.33 bits per heavy atom. The van der Waals surface area contributed by atoms with E-state index < -0.39 is 0 Å². The number of rotatable bonds is 5. The lowest BCUT2D eigenvalue weighted by Crippen LogP contribution is -2.28. The van der Waals surface area contributed by atoms with E-state index in [1.54, 1.807) is 0 Å². The van der Waals surface area contributed by atoms with Crippen molar-refractivity contribution in [3.8, 4) is 0 Å². The third-order valence-corrected chi connectivity index (χ3v) is 2.83. The molecule has 1 nitrogen and oxygen atoms in total. The Kier molecular flexibility index (Phi) is 4.57. The van der Waals surface area contributed by atoms with Crippen LogP contribution in [0.3, 0.4) is 0 Å². The Morgan fingerprint density at radius 3 is 2.60 bits per heavy atom. The third kappa shape index (κ3) is 3.21. The first kappa shape index (κ1) is 12.0. The van der Waals surface area contributed by atoms with Crippen LogP contribution in [-0.4, -0.2) is 6.04 Å². The maximum atomic E-state index is 3.85. The van der Waals surface area contributed by atoms with Crippen LogP contribution in [0.15, 0.2) is 30.8 Å². The summed E-state index contributed by atoms with van der Waals surface area (Å²) in [6.45, 7) is 10.5. The van der Waals surface area contributed by atoms with Gasteiger partial charge in [0.1, 0.15) is 0 Å². The fourth-order valence-electron chi connectivity index (χ4n) is 1.73. The van der Waals surface area contributed by atoms with Crippen LogP contribution in [0.4, 0.5) is 0 Å². The molecule has 1 rings (SSSR count). The van der Waals surface area contributed by atoms with Gasteiger partial charge < -0.3 is 5.32 Å². The molecule has 0 aliphatic carbocycles. The molecule has 0 saturated heterocycles. The molecule has 0 bridgehead atoms. The first-order chi connectivity index (χ1) is 7.19. The number of hydrogen-bond donors (Lipinski definition) is 1. The Balaban J connectivity index is 2.80. The van der Waals surface area contributed by atoms with Crippen LogP contribution in [-0.2, 0) is 0 Å². The van der Waals surface area contributed by atoms with Gasteiger partial charge in [-0.1, -0.05) is 43.8 Å². The fraction of sp³-hybridized carbons (Fsp3) is 0.429. The molecular weight excluding hydrogens is 182 g/mol. The van der Waals surface area contributed by atoms with Crippen LogP contribution in [0, 0.1) is 0 Å². The lowest BCUT2D eigenvalue weighted by Gasteiger charge is -2.20. The second-order valence-corrected chi connectivity index (χ2v) is 4.03. The fourth-order valence-corrected chi connectivity index (χ4v) is 1.73. The van der Waals surface area contributed by atoms with E-state index in [4.69, 9.17) is 0 Å². The molecule has 0 saturated carbocycles. The Hall–Kier alpha value is -1.08. The molecule has 82 valence electrons. The van der Waals surface area contributed by atoms with E-state index in [1.807, 2.05) is 6.08 Å². The first-order valence-electron chi connectivity index (χ1n) is 5.66. The average molecular weight is 203 g/mol. The summed E-state index contributed by atoms with van der Waals surface area (Å²) in [4.78, 5) is 0. The van der Waals surface area contributed by atoms with E-state index in [0.717, 1.165) is 6.42 Å². The zero-order valence-electron chi connectivity index (χ0n) is 9.96. The van der Waals surface area contributed by atoms with Crippen molar-refractivity contribution in [3.05, 3.63) is 42.0 Å². The highest BCUT2D eigenvalue weighted by Crippen LogP contribution is 2.19. The van der Waals surface area contributed by atoms with Crippen molar-refractivity contribution in [2.45, 2.75) is 39.3 Å². The Bertz CT molecular complexity index is 317. The van der Waals surface area contributed by atoms with Crippen LogP contribution in [0.2, 0.25) is 0 Å². The Labute approximate surface area is 93.2 Å². The quantitative estimate of drug-likeness (QED) is 0.768. The van der Waals surface area contributed by atoms with E-state index in [9.17, 15) is 0 Å². The van der Waals surface area contributed by atoms with Gasteiger partial charge in [-0.05, 0) is 31.4 Å². The number of hydrogen-bond acceptors (Lipinski definition) is 1. The molecule has 0 heterocycles. The molecule has 1 aromatic carbocycles. The minimum absolute atomic E-state index is 0.383. The Morgan fingerprint density at radius 2 is 2.00 bits per heavy atom. The van der Waals surface area contributed by atoms with Gasteiger partial charge in [0.25, 0.3) is 0 Å². The van der Waals surface area contributed by atoms with E-state index in [1.165, 1.54) is 11.1 Å². The molecule has 1 heteroatoms. The van der Waals surface area contributed by atoms with Gasteiger partial charge in [0, 0.05) is 12.1 Å². The molecule has 15 heavy (non-hydrogen) atoms. The molecular formula is C14H21N. The van der Waals surface area contributed by atoms with Crippen molar-refractivity contribution in [1.29, 1.82) is 0 Å². The highest BCUT2D eigenvalue weighted by Gasteiger charge is 2.09. The van der Waals surface area contributed by atoms with Gasteiger partial charge >= 0.3 is 0 Å². The normalized spacial score (nSPS) is 14.6. The van der Waals surface area contributed by atoms with E-state index in [0.29, 0.717) is 12.1 Å². The van der Waals surface area contributed by atoms with Crippen molar-refractivity contribution in [2.75, 3.05) is 0 Å². The average Bonchev–Trinajstić information content (AvgIpc) is 2.28. The second kappa shape index (κ2) is 5.72. The summed E-state index contributed by atoms with van der Waals surface area (Å²) in [6, 6.07) is 9.34. The molecule has 1 N–H and O–H groups in total. The topological polar surface area (TPSA) is 12.0 Å². The summed E-state index contributed by atoms with van der Waals surface area (Å²) in [7, 11) is 0. The zero-order chi connectivity index (χ0) is 11.3. The number of benzene rings is 1. The molecule has 2 unspecified atom stereocenters.